The second-order valence-corrected chi connectivity index (χ2v) is 6.94. The summed E-state index contributed by atoms with van der Waals surface area (Å²) in [6, 6.07) is 11.8. The molecular weight excluding hydrogens is 449 g/mol. The second-order valence-electron chi connectivity index (χ2n) is 6.94. The van der Waals surface area contributed by atoms with E-state index >= 15 is 0 Å². The molecule has 0 aliphatic rings. The van der Waals surface area contributed by atoms with Crippen molar-refractivity contribution in [1.29, 1.82) is 0 Å². The normalized spacial score (nSPS) is 11.1. The lowest BCUT2D eigenvalue weighted by atomic mass is 10.1. The van der Waals surface area contributed by atoms with Crippen molar-refractivity contribution in [2.24, 2.45) is 0 Å². The second kappa shape index (κ2) is 9.06. The van der Waals surface area contributed by atoms with E-state index in [1.54, 1.807) is 18.2 Å². The van der Waals surface area contributed by atoms with Gasteiger partial charge >= 0.3 is 12.2 Å². The molecule has 0 spiro atoms. The molecule has 0 bridgehead atoms. The van der Waals surface area contributed by atoms with Gasteiger partial charge in [-0.3, -0.25) is 10.2 Å². The minimum absolute atomic E-state index is 0.00574. The van der Waals surface area contributed by atoms with Crippen molar-refractivity contribution in [2.75, 3.05) is 16.0 Å². The van der Waals surface area contributed by atoms with Crippen LogP contribution in [0.15, 0.2) is 84.4 Å². The number of oxazole rings is 1. The third kappa shape index (κ3) is 4.72. The largest absolute Gasteiger partial charge is 0.442 e. The minimum atomic E-state index is -4.51. The average molecular weight is 466 g/mol. The Balaban J connectivity index is 1.62. The Morgan fingerprint density at radius 1 is 1.09 bits per heavy atom. The highest BCUT2D eigenvalue weighted by molar-refractivity contribution is 6.03. The highest BCUT2D eigenvalue weighted by atomic mass is 19.4. The third-order valence-corrected chi connectivity index (χ3v) is 4.69. The summed E-state index contributed by atoms with van der Waals surface area (Å²) in [5.41, 5.74) is 6.17. The first kappa shape index (κ1) is 22.5. The van der Waals surface area contributed by atoms with Gasteiger partial charge in [-0.05, 0) is 36.4 Å². The molecule has 172 valence electrons. The van der Waals surface area contributed by atoms with Crippen LogP contribution in [0.4, 0.5) is 35.3 Å². The molecule has 8 nitrogen and oxygen atoms in total. The molecule has 4 aromatic rings. The number of hydrogen-bond donors (Lipinski definition) is 2. The standard InChI is InChI=1S/C23H17F3N6O2/c1-2-32(22(33)31-20-8-4-7-18(29-20)19-12-28-13-34-19)21-16(27)9-10-17(30-21)14-5-3-6-15(11-14)23(24,25)26/h2-13H,1,27H2,(H,29,31,33). The van der Waals surface area contributed by atoms with Gasteiger partial charge in [0.05, 0.1) is 23.1 Å². The van der Waals surface area contributed by atoms with Crippen LogP contribution in [-0.2, 0) is 6.18 Å². The van der Waals surface area contributed by atoms with E-state index in [4.69, 9.17) is 10.2 Å². The van der Waals surface area contributed by atoms with Crippen LogP contribution in [-0.4, -0.2) is 21.0 Å². The fourth-order valence-corrected chi connectivity index (χ4v) is 3.09. The van der Waals surface area contributed by atoms with Crippen molar-refractivity contribution < 1.29 is 22.4 Å². The monoisotopic (exact) mass is 466 g/mol. The molecule has 34 heavy (non-hydrogen) atoms. The van der Waals surface area contributed by atoms with Gasteiger partial charge in [-0.25, -0.2) is 19.7 Å². The molecule has 3 heterocycles. The molecule has 11 heteroatoms. The maximum Gasteiger partial charge on any atom is 0.416 e. The van der Waals surface area contributed by atoms with E-state index in [1.165, 1.54) is 43.1 Å². The summed E-state index contributed by atoms with van der Waals surface area (Å²) < 4.78 is 44.5. The van der Waals surface area contributed by atoms with Gasteiger partial charge in [0.25, 0.3) is 0 Å². The Hall–Kier alpha value is -4.67. The fraction of sp³-hybridized carbons (Fsp3) is 0.0435. The van der Waals surface area contributed by atoms with E-state index in [2.05, 4.69) is 26.8 Å². The molecule has 0 saturated carbocycles. The number of nitrogens with two attached hydrogens (primary N) is 1. The summed E-state index contributed by atoms with van der Waals surface area (Å²) >= 11 is 0. The van der Waals surface area contributed by atoms with Crippen molar-refractivity contribution in [3.05, 3.63) is 85.5 Å². The van der Waals surface area contributed by atoms with Crippen LogP contribution in [0.3, 0.4) is 0 Å². The van der Waals surface area contributed by atoms with Gasteiger partial charge in [0, 0.05) is 11.8 Å². The molecule has 4 rings (SSSR count). The maximum atomic E-state index is 13.1. The number of amides is 2. The highest BCUT2D eigenvalue weighted by Crippen LogP contribution is 2.33. The Morgan fingerprint density at radius 3 is 2.59 bits per heavy atom. The summed E-state index contributed by atoms with van der Waals surface area (Å²) in [5.74, 6) is 0.614. The Morgan fingerprint density at radius 2 is 1.88 bits per heavy atom. The van der Waals surface area contributed by atoms with Gasteiger partial charge in [0.15, 0.2) is 18.0 Å². The molecule has 1 aromatic carbocycles. The number of pyridine rings is 2. The van der Waals surface area contributed by atoms with Gasteiger partial charge in [-0.15, -0.1) is 0 Å². The number of nitrogens with one attached hydrogen (secondary N) is 1. The number of alkyl halides is 3. The molecular formula is C23H17F3N6O2. The summed E-state index contributed by atoms with van der Waals surface area (Å²) in [6.07, 6.45) is -0.585. The van der Waals surface area contributed by atoms with Crippen LogP contribution in [0.5, 0.6) is 0 Å². The number of anilines is 3. The number of urea groups is 1. The number of rotatable bonds is 5. The fourth-order valence-electron chi connectivity index (χ4n) is 3.09. The summed E-state index contributed by atoms with van der Waals surface area (Å²) in [7, 11) is 0. The summed E-state index contributed by atoms with van der Waals surface area (Å²) in [4.78, 5) is 26.4. The topological polar surface area (TPSA) is 110 Å². The van der Waals surface area contributed by atoms with E-state index < -0.39 is 17.8 Å². The van der Waals surface area contributed by atoms with Gasteiger partial charge in [0.2, 0.25) is 0 Å². The van der Waals surface area contributed by atoms with E-state index in [0.29, 0.717) is 11.5 Å². The van der Waals surface area contributed by atoms with Crippen LogP contribution in [0, 0.1) is 0 Å². The van der Waals surface area contributed by atoms with Gasteiger partial charge < -0.3 is 10.2 Å². The number of nitrogen functional groups attached to an aromatic ring is 1. The molecule has 0 aliphatic heterocycles. The van der Waals surface area contributed by atoms with E-state index in [0.717, 1.165) is 17.0 Å². The van der Waals surface area contributed by atoms with Crippen molar-refractivity contribution in [3.8, 4) is 22.7 Å². The van der Waals surface area contributed by atoms with Crippen molar-refractivity contribution in [1.82, 2.24) is 15.0 Å². The van der Waals surface area contributed by atoms with E-state index in [-0.39, 0.29) is 28.6 Å². The molecule has 3 aromatic heterocycles. The average Bonchev–Trinajstić information content (AvgIpc) is 3.36. The molecule has 2 amide bonds. The number of carbonyl (C=O) groups excluding carboxylic acids is 1. The van der Waals surface area contributed by atoms with E-state index in [1.807, 2.05) is 0 Å². The van der Waals surface area contributed by atoms with Gasteiger partial charge in [-0.2, -0.15) is 13.2 Å². The van der Waals surface area contributed by atoms with Crippen LogP contribution in [0.25, 0.3) is 22.7 Å². The first-order chi connectivity index (χ1) is 16.3. The third-order valence-electron chi connectivity index (χ3n) is 4.69. The SMILES string of the molecule is C=CN(C(=O)Nc1cccc(-c2cnco2)n1)c1nc(-c2cccc(C(F)(F)F)c2)ccc1N. The zero-order valence-corrected chi connectivity index (χ0v) is 17.5. The predicted octanol–water partition coefficient (Wildman–Crippen LogP) is 5.58. The number of nitrogens with zero attached hydrogens (tertiary/aromatic N) is 4. The van der Waals surface area contributed by atoms with Crippen molar-refractivity contribution in [2.45, 2.75) is 6.18 Å². The Bertz CT molecular complexity index is 1340. The van der Waals surface area contributed by atoms with Crippen molar-refractivity contribution >= 4 is 23.4 Å². The first-order valence-electron chi connectivity index (χ1n) is 9.79. The summed E-state index contributed by atoms with van der Waals surface area (Å²) in [6.45, 7) is 3.63. The lowest BCUT2D eigenvalue weighted by molar-refractivity contribution is -0.137. The number of hydrogen-bond acceptors (Lipinski definition) is 6. The lowest BCUT2D eigenvalue weighted by Crippen LogP contribution is -2.31. The zero-order valence-electron chi connectivity index (χ0n) is 17.5. The van der Waals surface area contributed by atoms with E-state index in [9.17, 15) is 18.0 Å². The Kier molecular flexibility index (Phi) is 6.00. The quantitative estimate of drug-likeness (QED) is 0.397. The molecule has 0 unspecified atom stereocenters. The maximum absolute atomic E-state index is 13.1. The summed E-state index contributed by atoms with van der Waals surface area (Å²) in [5, 5.41) is 2.61. The predicted molar refractivity (Wildman–Crippen MR) is 121 cm³/mol. The molecule has 0 saturated heterocycles. The van der Waals surface area contributed by atoms with Crippen LogP contribution in [0.1, 0.15) is 5.56 Å². The first-order valence-corrected chi connectivity index (χ1v) is 9.79. The number of benzene rings is 1. The lowest BCUT2D eigenvalue weighted by Gasteiger charge is -2.20. The minimum Gasteiger partial charge on any atom is -0.442 e. The molecule has 0 fully saturated rings. The smallest absolute Gasteiger partial charge is 0.416 e. The highest BCUT2D eigenvalue weighted by Gasteiger charge is 2.30. The van der Waals surface area contributed by atoms with Crippen LogP contribution < -0.4 is 16.0 Å². The zero-order chi connectivity index (χ0) is 24.3. The Labute approximate surface area is 191 Å². The van der Waals surface area contributed by atoms with Gasteiger partial charge in [0.1, 0.15) is 11.5 Å². The van der Waals surface area contributed by atoms with Crippen LogP contribution >= 0.6 is 0 Å². The molecule has 3 N–H and O–H groups in total. The number of carbonyl (C=O) groups is 1. The molecule has 0 radical (unpaired) electrons. The van der Waals surface area contributed by atoms with Crippen molar-refractivity contribution in [3.63, 3.8) is 0 Å². The van der Waals surface area contributed by atoms with Gasteiger partial charge in [-0.1, -0.05) is 24.8 Å². The molecule has 0 atom stereocenters. The number of halogens is 3. The molecule has 0 aliphatic carbocycles. The number of aromatic nitrogens is 3. The van der Waals surface area contributed by atoms with Crippen LogP contribution in [0.2, 0.25) is 0 Å².